The number of methoxy groups -OCH3 is 1. The van der Waals surface area contributed by atoms with Gasteiger partial charge in [-0.2, -0.15) is 0 Å². The topological polar surface area (TPSA) is 51.5 Å². The number of ether oxygens (including phenoxy) is 1. The third kappa shape index (κ3) is 2.89. The van der Waals surface area contributed by atoms with Gasteiger partial charge < -0.3 is 14.5 Å². The molecule has 21 heavy (non-hydrogen) atoms. The highest BCUT2D eigenvalue weighted by Gasteiger charge is 2.08. The number of hydrogen-bond donors (Lipinski definition) is 1. The lowest BCUT2D eigenvalue weighted by atomic mass is 10.2. The van der Waals surface area contributed by atoms with Crippen LogP contribution in [0.25, 0.3) is 11.0 Å². The first kappa shape index (κ1) is 13.2. The summed E-state index contributed by atoms with van der Waals surface area (Å²) in [5, 5.41) is 3.87. The van der Waals surface area contributed by atoms with Crippen LogP contribution in [0.2, 0.25) is 0 Å². The molecule has 0 unspecified atom stereocenters. The van der Waals surface area contributed by atoms with E-state index in [4.69, 9.17) is 9.15 Å². The van der Waals surface area contributed by atoms with E-state index in [-0.39, 0.29) is 5.91 Å². The smallest absolute Gasteiger partial charge is 0.251 e. The third-order valence-electron chi connectivity index (χ3n) is 3.25. The van der Waals surface area contributed by atoms with Crippen molar-refractivity contribution in [2.45, 2.75) is 6.54 Å². The molecule has 2 aromatic carbocycles. The van der Waals surface area contributed by atoms with Gasteiger partial charge in [0, 0.05) is 10.9 Å². The fourth-order valence-electron chi connectivity index (χ4n) is 2.14. The second kappa shape index (κ2) is 5.71. The Bertz CT molecular complexity index is 726. The van der Waals surface area contributed by atoms with Crippen molar-refractivity contribution in [2.24, 2.45) is 0 Å². The molecule has 0 saturated carbocycles. The van der Waals surface area contributed by atoms with Crippen molar-refractivity contribution in [3.63, 3.8) is 0 Å². The number of hydrogen-bond acceptors (Lipinski definition) is 3. The van der Waals surface area contributed by atoms with Gasteiger partial charge in [-0.1, -0.05) is 18.2 Å². The molecule has 4 nitrogen and oxygen atoms in total. The summed E-state index contributed by atoms with van der Waals surface area (Å²) in [5.74, 6) is 1.32. The zero-order valence-corrected chi connectivity index (χ0v) is 11.6. The molecule has 1 N–H and O–H groups in total. The molecule has 1 aromatic heterocycles. The molecule has 0 aliphatic rings. The lowest BCUT2D eigenvalue weighted by molar-refractivity contribution is 0.0948. The largest absolute Gasteiger partial charge is 0.497 e. The maximum Gasteiger partial charge on any atom is 0.251 e. The van der Waals surface area contributed by atoms with E-state index in [2.05, 4.69) is 5.32 Å². The molecular weight excluding hydrogens is 266 g/mol. The van der Waals surface area contributed by atoms with Crippen LogP contribution in [0.15, 0.2) is 59.0 Å². The van der Waals surface area contributed by atoms with Gasteiger partial charge in [0.15, 0.2) is 0 Å². The first-order valence-electron chi connectivity index (χ1n) is 6.66. The van der Waals surface area contributed by atoms with Crippen LogP contribution >= 0.6 is 0 Å². The van der Waals surface area contributed by atoms with E-state index in [0.29, 0.717) is 12.1 Å². The number of nitrogens with one attached hydrogen (secondary N) is 1. The normalized spacial score (nSPS) is 10.5. The van der Waals surface area contributed by atoms with Gasteiger partial charge in [0.05, 0.1) is 13.7 Å². The Balaban J connectivity index is 1.67. The summed E-state index contributed by atoms with van der Waals surface area (Å²) in [4.78, 5) is 12.0. The molecule has 0 aliphatic heterocycles. The number of furan rings is 1. The molecule has 0 aliphatic carbocycles. The number of carbonyl (C=O) groups excluding carboxylic acids is 1. The van der Waals surface area contributed by atoms with Gasteiger partial charge in [0.2, 0.25) is 0 Å². The molecule has 1 heterocycles. The first-order chi connectivity index (χ1) is 10.3. The lowest BCUT2D eigenvalue weighted by Gasteiger charge is -2.04. The first-order valence-corrected chi connectivity index (χ1v) is 6.66. The van der Waals surface area contributed by atoms with E-state index in [9.17, 15) is 4.79 Å². The summed E-state index contributed by atoms with van der Waals surface area (Å²) in [6.07, 6.45) is 0. The fourth-order valence-corrected chi connectivity index (χ4v) is 2.14. The van der Waals surface area contributed by atoms with E-state index in [1.165, 1.54) is 0 Å². The molecular formula is C17H15NO3. The summed E-state index contributed by atoms with van der Waals surface area (Å²) in [6.45, 7) is 0.361. The van der Waals surface area contributed by atoms with Crippen LogP contribution in [0, 0.1) is 0 Å². The molecule has 3 rings (SSSR count). The van der Waals surface area contributed by atoms with Gasteiger partial charge >= 0.3 is 0 Å². The average Bonchev–Trinajstić information content (AvgIpc) is 2.95. The van der Waals surface area contributed by atoms with Crippen molar-refractivity contribution in [1.29, 1.82) is 0 Å². The maximum atomic E-state index is 12.0. The Kier molecular flexibility index (Phi) is 3.60. The Morgan fingerprint density at radius 3 is 2.62 bits per heavy atom. The van der Waals surface area contributed by atoms with Crippen molar-refractivity contribution in [2.75, 3.05) is 7.11 Å². The van der Waals surface area contributed by atoms with Crippen LogP contribution < -0.4 is 10.1 Å². The number of amides is 1. The minimum Gasteiger partial charge on any atom is -0.497 e. The van der Waals surface area contributed by atoms with E-state index in [0.717, 1.165) is 22.5 Å². The average molecular weight is 281 g/mol. The van der Waals surface area contributed by atoms with Crippen molar-refractivity contribution in [3.05, 3.63) is 65.9 Å². The quantitative estimate of drug-likeness (QED) is 0.797. The van der Waals surface area contributed by atoms with Gasteiger partial charge in [-0.05, 0) is 36.4 Å². The minimum atomic E-state index is -0.141. The fraction of sp³-hybridized carbons (Fsp3) is 0.118. The number of para-hydroxylation sites is 1. The molecule has 3 aromatic rings. The molecule has 106 valence electrons. The summed E-state index contributed by atoms with van der Waals surface area (Å²) in [5.41, 5.74) is 1.41. The zero-order chi connectivity index (χ0) is 14.7. The third-order valence-corrected chi connectivity index (χ3v) is 3.25. The van der Waals surface area contributed by atoms with Gasteiger partial charge in [0.25, 0.3) is 5.91 Å². The van der Waals surface area contributed by atoms with Crippen LogP contribution in [0.5, 0.6) is 5.75 Å². The molecule has 0 radical (unpaired) electrons. The highest BCUT2D eigenvalue weighted by Crippen LogP contribution is 2.18. The van der Waals surface area contributed by atoms with Gasteiger partial charge in [0.1, 0.15) is 17.1 Å². The zero-order valence-electron chi connectivity index (χ0n) is 11.6. The van der Waals surface area contributed by atoms with Crippen molar-refractivity contribution in [1.82, 2.24) is 5.32 Å². The highest BCUT2D eigenvalue weighted by molar-refractivity contribution is 5.94. The van der Waals surface area contributed by atoms with Crippen LogP contribution in [0.3, 0.4) is 0 Å². The van der Waals surface area contributed by atoms with E-state index < -0.39 is 0 Å². The summed E-state index contributed by atoms with van der Waals surface area (Å²) < 4.78 is 10.7. The summed E-state index contributed by atoms with van der Waals surface area (Å²) in [6, 6.07) is 16.7. The number of fused-ring (bicyclic) bond motifs is 1. The van der Waals surface area contributed by atoms with Crippen LogP contribution in [-0.4, -0.2) is 13.0 Å². The number of rotatable bonds is 4. The molecule has 0 bridgehead atoms. The predicted octanol–water partition coefficient (Wildman–Crippen LogP) is 3.37. The summed E-state index contributed by atoms with van der Waals surface area (Å²) >= 11 is 0. The summed E-state index contributed by atoms with van der Waals surface area (Å²) in [7, 11) is 1.59. The SMILES string of the molecule is COc1ccc(C(=O)NCc2cc3ccccc3o2)cc1. The van der Waals surface area contributed by atoms with Crippen LogP contribution in [0.4, 0.5) is 0 Å². The van der Waals surface area contributed by atoms with Crippen molar-refractivity contribution < 1.29 is 13.9 Å². The number of benzene rings is 2. The molecule has 0 atom stereocenters. The van der Waals surface area contributed by atoms with E-state index in [1.54, 1.807) is 31.4 Å². The Labute approximate surface area is 122 Å². The number of carbonyl (C=O) groups is 1. The van der Waals surface area contributed by atoms with Gasteiger partial charge in [-0.3, -0.25) is 4.79 Å². The maximum absolute atomic E-state index is 12.0. The molecule has 4 heteroatoms. The van der Waals surface area contributed by atoms with Crippen LogP contribution in [0.1, 0.15) is 16.1 Å². The standard InChI is InChI=1S/C17H15NO3/c1-20-14-8-6-12(7-9-14)17(19)18-11-15-10-13-4-2-3-5-16(13)21-15/h2-10H,11H2,1H3,(H,18,19). The monoisotopic (exact) mass is 281 g/mol. The molecule has 1 amide bonds. The Morgan fingerprint density at radius 1 is 1.14 bits per heavy atom. The molecule has 0 fully saturated rings. The molecule has 0 saturated heterocycles. The van der Waals surface area contributed by atoms with Crippen LogP contribution in [-0.2, 0) is 6.54 Å². The second-order valence-electron chi connectivity index (χ2n) is 4.66. The predicted molar refractivity (Wildman–Crippen MR) is 80.4 cm³/mol. The Morgan fingerprint density at radius 2 is 1.90 bits per heavy atom. The highest BCUT2D eigenvalue weighted by atomic mass is 16.5. The van der Waals surface area contributed by atoms with Crippen molar-refractivity contribution in [3.8, 4) is 5.75 Å². The van der Waals surface area contributed by atoms with Gasteiger partial charge in [-0.15, -0.1) is 0 Å². The van der Waals surface area contributed by atoms with E-state index in [1.807, 2.05) is 30.3 Å². The minimum absolute atomic E-state index is 0.141. The lowest BCUT2D eigenvalue weighted by Crippen LogP contribution is -2.22. The van der Waals surface area contributed by atoms with Crippen molar-refractivity contribution >= 4 is 16.9 Å². The molecule has 0 spiro atoms. The van der Waals surface area contributed by atoms with E-state index >= 15 is 0 Å². The van der Waals surface area contributed by atoms with Gasteiger partial charge in [-0.25, -0.2) is 0 Å². The second-order valence-corrected chi connectivity index (χ2v) is 4.66. The Hall–Kier alpha value is -2.75.